The van der Waals surface area contributed by atoms with Gasteiger partial charge in [-0.3, -0.25) is 4.79 Å². The third-order valence-corrected chi connectivity index (χ3v) is 7.39. The smallest absolute Gasteiger partial charge is 0.217 e. The molecule has 0 radical (unpaired) electrons. The first-order chi connectivity index (χ1) is 12.7. The maximum atomic E-state index is 13.9. The van der Waals surface area contributed by atoms with Crippen molar-refractivity contribution < 1.29 is 13.9 Å². The lowest BCUT2D eigenvalue weighted by molar-refractivity contribution is -0.160. The second kappa shape index (κ2) is 6.56. The summed E-state index contributed by atoms with van der Waals surface area (Å²) in [5.41, 5.74) is 0.621. The average Bonchev–Trinajstić information content (AvgIpc) is 2.58. The van der Waals surface area contributed by atoms with Crippen molar-refractivity contribution in [2.45, 2.75) is 70.2 Å². The van der Waals surface area contributed by atoms with Gasteiger partial charge in [0.1, 0.15) is 5.82 Å². The Bertz CT molecular complexity index is 737. The average molecular weight is 375 g/mol. The van der Waals surface area contributed by atoms with E-state index in [2.05, 4.69) is 31.4 Å². The van der Waals surface area contributed by atoms with Gasteiger partial charge in [-0.15, -0.1) is 0 Å². The molecule has 2 bridgehead atoms. The van der Waals surface area contributed by atoms with Crippen molar-refractivity contribution in [2.24, 2.45) is 17.8 Å². The fraction of sp³-hybridized carbons (Fsp3) is 0.682. The van der Waals surface area contributed by atoms with Crippen LogP contribution in [0.15, 0.2) is 24.3 Å². The van der Waals surface area contributed by atoms with Crippen LogP contribution in [0.1, 0.15) is 58.6 Å². The number of hydrogen-bond donors (Lipinski definition) is 2. The summed E-state index contributed by atoms with van der Waals surface area (Å²) >= 11 is 0. The standard InChI is InChI=1S/C22H31FN2O2/c1-13-18-11-16(21(3,4)24-13)12-19-20(15-6-5-7-17(23)10-15)27-9-8-22(18,19)25-14(2)26/h5-7,10,13,16,18-20,24H,8-9,11-12H2,1-4H3,(H,25,26)/t13-,16?,18?,19+,20+,22+/m1/s1. The van der Waals surface area contributed by atoms with E-state index in [9.17, 15) is 9.18 Å². The Labute approximate surface area is 161 Å². The van der Waals surface area contributed by atoms with E-state index in [0.717, 1.165) is 24.8 Å². The van der Waals surface area contributed by atoms with Crippen molar-refractivity contribution in [2.75, 3.05) is 6.61 Å². The lowest BCUT2D eigenvalue weighted by atomic mass is 9.52. The molecule has 2 saturated heterocycles. The predicted molar refractivity (Wildman–Crippen MR) is 103 cm³/mol. The van der Waals surface area contributed by atoms with E-state index in [1.807, 2.05) is 6.07 Å². The number of carbonyl (C=O) groups is 1. The first-order valence-corrected chi connectivity index (χ1v) is 10.2. The highest BCUT2D eigenvalue weighted by atomic mass is 19.1. The second-order valence-electron chi connectivity index (χ2n) is 9.35. The van der Waals surface area contributed by atoms with E-state index < -0.39 is 0 Å². The molecule has 1 amide bonds. The number of hydrogen-bond acceptors (Lipinski definition) is 3. The van der Waals surface area contributed by atoms with E-state index in [0.29, 0.717) is 24.5 Å². The minimum Gasteiger partial charge on any atom is -0.373 e. The Kier molecular flexibility index (Phi) is 4.59. The molecule has 27 heavy (non-hydrogen) atoms. The molecule has 4 rings (SSSR count). The van der Waals surface area contributed by atoms with E-state index in [1.54, 1.807) is 19.1 Å². The first-order valence-electron chi connectivity index (χ1n) is 10.2. The zero-order valence-electron chi connectivity index (χ0n) is 16.7. The van der Waals surface area contributed by atoms with Crippen LogP contribution in [-0.2, 0) is 9.53 Å². The van der Waals surface area contributed by atoms with Crippen molar-refractivity contribution in [3.8, 4) is 0 Å². The van der Waals surface area contributed by atoms with Gasteiger partial charge in [-0.2, -0.15) is 0 Å². The Morgan fingerprint density at radius 3 is 2.74 bits per heavy atom. The van der Waals surface area contributed by atoms with Gasteiger partial charge in [0.05, 0.1) is 11.6 Å². The zero-order chi connectivity index (χ0) is 19.4. The molecule has 5 heteroatoms. The predicted octanol–water partition coefficient (Wildman–Crippen LogP) is 3.57. The summed E-state index contributed by atoms with van der Waals surface area (Å²) in [6.45, 7) is 8.97. The van der Waals surface area contributed by atoms with E-state index in [4.69, 9.17) is 4.74 Å². The molecular formula is C22H31FN2O2. The van der Waals surface area contributed by atoms with Gasteiger partial charge >= 0.3 is 0 Å². The summed E-state index contributed by atoms with van der Waals surface area (Å²) in [4.78, 5) is 12.2. The van der Waals surface area contributed by atoms with Crippen molar-refractivity contribution in [1.82, 2.24) is 10.6 Å². The van der Waals surface area contributed by atoms with Crippen LogP contribution in [0, 0.1) is 23.6 Å². The SMILES string of the molecule is CC(=O)N[C@]12CCO[C@@H](c3cccc(F)c3)[C@@H]1CC1CC2[C@@H](C)NC1(C)C. The summed E-state index contributed by atoms with van der Waals surface area (Å²) in [6.07, 6.45) is 2.69. The van der Waals surface area contributed by atoms with Crippen LogP contribution in [0.2, 0.25) is 0 Å². The minimum atomic E-state index is -0.305. The summed E-state index contributed by atoms with van der Waals surface area (Å²) < 4.78 is 20.2. The molecule has 2 unspecified atom stereocenters. The molecule has 3 aliphatic rings. The highest BCUT2D eigenvalue weighted by molar-refractivity contribution is 5.74. The number of ether oxygens (including phenoxy) is 1. The first kappa shape index (κ1) is 18.9. The van der Waals surface area contributed by atoms with Crippen molar-refractivity contribution in [3.05, 3.63) is 35.6 Å². The van der Waals surface area contributed by atoms with Crippen LogP contribution in [0.4, 0.5) is 4.39 Å². The number of halogens is 1. The molecule has 0 aromatic heterocycles. The fourth-order valence-corrected chi connectivity index (χ4v) is 6.27. The summed E-state index contributed by atoms with van der Waals surface area (Å²) in [6, 6.07) is 7.07. The molecule has 3 fully saturated rings. The van der Waals surface area contributed by atoms with E-state index >= 15 is 0 Å². The molecule has 1 aromatic rings. The third kappa shape index (κ3) is 3.09. The number of fused-ring (bicyclic) bond motifs is 4. The van der Waals surface area contributed by atoms with Gasteiger partial charge < -0.3 is 15.4 Å². The number of carbonyl (C=O) groups excluding carboxylic acids is 1. The van der Waals surface area contributed by atoms with Crippen LogP contribution in [0.25, 0.3) is 0 Å². The van der Waals surface area contributed by atoms with Crippen LogP contribution in [0.5, 0.6) is 0 Å². The number of amides is 1. The van der Waals surface area contributed by atoms with Crippen LogP contribution in [-0.4, -0.2) is 29.6 Å². The van der Waals surface area contributed by atoms with Gasteiger partial charge in [-0.05, 0) is 69.6 Å². The lowest BCUT2D eigenvalue weighted by Crippen LogP contribution is -2.73. The van der Waals surface area contributed by atoms with Crippen molar-refractivity contribution in [3.63, 3.8) is 0 Å². The Hall–Kier alpha value is -1.46. The van der Waals surface area contributed by atoms with Crippen LogP contribution >= 0.6 is 0 Å². The monoisotopic (exact) mass is 374 g/mol. The number of nitrogens with one attached hydrogen (secondary N) is 2. The maximum absolute atomic E-state index is 13.9. The quantitative estimate of drug-likeness (QED) is 0.832. The van der Waals surface area contributed by atoms with E-state index in [1.165, 1.54) is 6.07 Å². The number of rotatable bonds is 2. The fourth-order valence-electron chi connectivity index (χ4n) is 6.27. The van der Waals surface area contributed by atoms with Gasteiger partial charge in [0.15, 0.2) is 0 Å². The lowest BCUT2D eigenvalue weighted by Gasteiger charge is -2.63. The minimum absolute atomic E-state index is 0.00961. The summed E-state index contributed by atoms with van der Waals surface area (Å²) in [5, 5.41) is 7.17. The molecule has 148 valence electrons. The van der Waals surface area contributed by atoms with Crippen molar-refractivity contribution in [1.29, 1.82) is 0 Å². The molecule has 0 spiro atoms. The Morgan fingerprint density at radius 2 is 2.04 bits per heavy atom. The van der Waals surface area contributed by atoms with Gasteiger partial charge in [0.2, 0.25) is 5.91 Å². The Morgan fingerprint density at radius 1 is 1.30 bits per heavy atom. The van der Waals surface area contributed by atoms with Gasteiger partial charge in [-0.25, -0.2) is 4.39 Å². The van der Waals surface area contributed by atoms with E-state index in [-0.39, 0.29) is 34.8 Å². The molecule has 6 atom stereocenters. The summed E-state index contributed by atoms with van der Waals surface area (Å²) in [7, 11) is 0. The third-order valence-electron chi connectivity index (χ3n) is 7.39. The number of piperidine rings is 1. The van der Waals surface area contributed by atoms with Crippen LogP contribution < -0.4 is 10.6 Å². The van der Waals surface area contributed by atoms with Crippen LogP contribution in [0.3, 0.4) is 0 Å². The zero-order valence-corrected chi connectivity index (χ0v) is 16.7. The molecule has 2 heterocycles. The normalized spacial score (nSPS) is 40.1. The Balaban J connectivity index is 1.79. The molecule has 1 aromatic carbocycles. The highest BCUT2D eigenvalue weighted by Crippen LogP contribution is 2.56. The molecular weight excluding hydrogens is 343 g/mol. The molecule has 2 N–H and O–H groups in total. The molecule has 1 saturated carbocycles. The van der Waals surface area contributed by atoms with Gasteiger partial charge in [0.25, 0.3) is 0 Å². The molecule has 4 nitrogen and oxygen atoms in total. The maximum Gasteiger partial charge on any atom is 0.217 e. The summed E-state index contributed by atoms with van der Waals surface area (Å²) in [5.74, 6) is 0.763. The highest BCUT2D eigenvalue weighted by Gasteiger charge is 2.60. The van der Waals surface area contributed by atoms with Gasteiger partial charge in [0, 0.05) is 31.0 Å². The topological polar surface area (TPSA) is 50.4 Å². The van der Waals surface area contributed by atoms with Crippen molar-refractivity contribution >= 4 is 5.91 Å². The second-order valence-corrected chi connectivity index (χ2v) is 9.35. The van der Waals surface area contributed by atoms with Gasteiger partial charge in [-0.1, -0.05) is 12.1 Å². The largest absolute Gasteiger partial charge is 0.373 e. The molecule has 2 aliphatic heterocycles. The number of benzene rings is 1. The molecule has 1 aliphatic carbocycles.